The van der Waals surface area contributed by atoms with Crippen molar-refractivity contribution in [2.45, 2.75) is 160 Å². The number of benzene rings is 2. The lowest BCUT2D eigenvalue weighted by Crippen LogP contribution is -2.34. The molecule has 1 atom stereocenters. The van der Waals surface area contributed by atoms with Crippen molar-refractivity contribution in [1.29, 1.82) is 0 Å². The van der Waals surface area contributed by atoms with Crippen molar-refractivity contribution in [2.24, 2.45) is 0 Å². The molecule has 0 aromatic heterocycles. The first kappa shape index (κ1) is 32.2. The molecule has 3 saturated carbocycles. The van der Waals surface area contributed by atoms with Gasteiger partial charge in [-0.05, 0) is 110 Å². The molecule has 1 aliphatic heterocycles. The summed E-state index contributed by atoms with van der Waals surface area (Å²) in [4.78, 5) is 5.76. The van der Waals surface area contributed by atoms with E-state index in [0.29, 0.717) is 0 Å². The Kier molecular flexibility index (Phi) is 11.1. The number of para-hydroxylation sites is 2. The van der Waals surface area contributed by atoms with Gasteiger partial charge in [0.15, 0.2) is 0 Å². The molecular formula is C41H61N2P. The van der Waals surface area contributed by atoms with Gasteiger partial charge in [0.2, 0.25) is 0 Å². The Morgan fingerprint density at radius 1 is 0.545 bits per heavy atom. The molecule has 3 aliphatic carbocycles. The van der Waals surface area contributed by atoms with E-state index in [9.17, 15) is 0 Å². The second kappa shape index (κ2) is 15.2. The molecule has 1 saturated heterocycles. The van der Waals surface area contributed by atoms with Crippen molar-refractivity contribution in [3.8, 4) is 0 Å². The van der Waals surface area contributed by atoms with E-state index in [0.717, 1.165) is 55.7 Å². The van der Waals surface area contributed by atoms with Gasteiger partial charge in [0.25, 0.3) is 0 Å². The summed E-state index contributed by atoms with van der Waals surface area (Å²) in [5.41, 5.74) is 14.0. The summed E-state index contributed by atoms with van der Waals surface area (Å²) >= 11 is 0. The second-order valence-electron chi connectivity index (χ2n) is 14.2. The fourth-order valence-corrected chi connectivity index (χ4v) is 14.2. The molecule has 0 radical (unpaired) electrons. The van der Waals surface area contributed by atoms with Gasteiger partial charge in [-0.3, -0.25) is 0 Å². The number of hydrogen-bond donors (Lipinski definition) is 0. The minimum absolute atomic E-state index is 0.00282. The number of hydrogen-bond acceptors (Lipinski definition) is 2. The zero-order chi connectivity index (χ0) is 30.5. The third kappa shape index (κ3) is 6.41. The van der Waals surface area contributed by atoms with E-state index in [-0.39, 0.29) is 7.92 Å². The number of nitrogens with zero attached hydrogens (tertiary/aromatic N) is 2. The molecule has 1 heterocycles. The van der Waals surface area contributed by atoms with Crippen LogP contribution in [0.4, 0.5) is 11.4 Å². The highest BCUT2D eigenvalue weighted by molar-refractivity contribution is 7.60. The van der Waals surface area contributed by atoms with Crippen LogP contribution in [-0.2, 0) is 25.7 Å². The lowest BCUT2D eigenvalue weighted by atomic mass is 9.92. The number of anilines is 2. The largest absolute Gasteiger partial charge is 0.325 e. The molecule has 0 N–H and O–H groups in total. The molecular weight excluding hydrogens is 551 g/mol. The molecule has 0 amide bonds. The summed E-state index contributed by atoms with van der Waals surface area (Å²) in [6.07, 6.45) is 25.0. The van der Waals surface area contributed by atoms with Crippen LogP contribution in [-0.4, -0.2) is 30.1 Å². The predicted octanol–water partition coefficient (Wildman–Crippen LogP) is 11.6. The highest BCUT2D eigenvalue weighted by atomic mass is 31.1. The first-order chi connectivity index (χ1) is 21.7. The van der Waals surface area contributed by atoms with Gasteiger partial charge in [-0.2, -0.15) is 0 Å². The van der Waals surface area contributed by atoms with Crippen molar-refractivity contribution in [1.82, 2.24) is 0 Å². The third-order valence-corrected chi connectivity index (χ3v) is 15.8. The lowest BCUT2D eigenvalue weighted by molar-refractivity contribution is 0.476. The fraction of sp³-hybridized carbons (Fsp3) is 0.659. The van der Waals surface area contributed by atoms with E-state index in [1.807, 2.05) is 5.57 Å². The SMILES string of the molecule is CCc1cccc(CC)c1N1CCN(c2c(CC)cccc2CC)C1=C1CCCCC1P(C1CCCCC1)C1CCCCC1. The van der Waals surface area contributed by atoms with E-state index in [1.165, 1.54) is 112 Å². The van der Waals surface area contributed by atoms with Crippen LogP contribution in [0.1, 0.15) is 140 Å². The third-order valence-electron chi connectivity index (χ3n) is 11.7. The minimum Gasteiger partial charge on any atom is -0.325 e. The fourth-order valence-electron chi connectivity index (χ4n) is 9.61. The first-order valence-electron chi connectivity index (χ1n) is 19.0. The Balaban J connectivity index is 1.56. The molecule has 3 heteroatoms. The summed E-state index contributed by atoms with van der Waals surface area (Å²) in [7, 11) is -0.00282. The molecule has 0 spiro atoms. The summed E-state index contributed by atoms with van der Waals surface area (Å²) in [5.74, 6) is 1.64. The smallest absolute Gasteiger partial charge is 0.113 e. The van der Waals surface area contributed by atoms with Crippen molar-refractivity contribution in [2.75, 3.05) is 22.9 Å². The van der Waals surface area contributed by atoms with Crippen molar-refractivity contribution in [3.05, 3.63) is 70.0 Å². The molecule has 2 aromatic carbocycles. The Morgan fingerprint density at radius 3 is 1.36 bits per heavy atom. The van der Waals surface area contributed by atoms with Gasteiger partial charge in [-0.1, -0.05) is 117 Å². The van der Waals surface area contributed by atoms with E-state index in [2.05, 4.69) is 73.9 Å². The maximum Gasteiger partial charge on any atom is 0.113 e. The Morgan fingerprint density at radius 2 is 0.955 bits per heavy atom. The minimum atomic E-state index is -0.00282. The summed E-state index contributed by atoms with van der Waals surface area (Å²) in [6, 6.07) is 14.3. The van der Waals surface area contributed by atoms with Crippen molar-refractivity contribution >= 4 is 19.3 Å². The van der Waals surface area contributed by atoms with Gasteiger partial charge in [0.1, 0.15) is 5.82 Å². The maximum atomic E-state index is 2.88. The van der Waals surface area contributed by atoms with Crippen molar-refractivity contribution < 1.29 is 0 Å². The second-order valence-corrected chi connectivity index (χ2v) is 17.2. The van der Waals surface area contributed by atoms with E-state index in [1.54, 1.807) is 17.2 Å². The maximum absolute atomic E-state index is 2.88. The van der Waals surface area contributed by atoms with Gasteiger partial charge in [0, 0.05) is 30.1 Å². The Hall–Kier alpha value is -1.79. The van der Waals surface area contributed by atoms with Gasteiger partial charge in [-0.25, -0.2) is 0 Å². The van der Waals surface area contributed by atoms with E-state index < -0.39 is 0 Å². The number of aryl methyl sites for hydroxylation is 4. The molecule has 4 aliphatic rings. The van der Waals surface area contributed by atoms with Crippen LogP contribution in [0.5, 0.6) is 0 Å². The monoisotopic (exact) mass is 612 g/mol. The first-order valence-corrected chi connectivity index (χ1v) is 20.5. The summed E-state index contributed by atoms with van der Waals surface area (Å²) < 4.78 is 0. The highest BCUT2D eigenvalue weighted by Crippen LogP contribution is 2.63. The van der Waals surface area contributed by atoms with Crippen LogP contribution in [0.25, 0.3) is 0 Å². The highest BCUT2D eigenvalue weighted by Gasteiger charge is 2.43. The topological polar surface area (TPSA) is 6.48 Å². The molecule has 44 heavy (non-hydrogen) atoms. The van der Waals surface area contributed by atoms with E-state index in [4.69, 9.17) is 0 Å². The number of rotatable bonds is 9. The molecule has 240 valence electrons. The standard InChI is InChI=1S/C41H61N2P/c1-5-31-19-17-20-32(6-2)39(31)42-29-30-43(40-33(7-3)21-18-22-34(40)8-4)41(42)37-27-15-16-28-38(37)44(35-23-11-9-12-24-35)36-25-13-10-14-26-36/h17-22,35-36,38H,5-16,23-30H2,1-4H3. The van der Waals surface area contributed by atoms with Crippen LogP contribution >= 0.6 is 7.92 Å². The normalized spacial score (nSPS) is 22.4. The Bertz CT molecular complexity index is 1140. The van der Waals surface area contributed by atoms with Crippen LogP contribution in [0, 0.1) is 0 Å². The lowest BCUT2D eigenvalue weighted by Gasteiger charge is -2.46. The molecule has 6 rings (SSSR count). The summed E-state index contributed by atoms with van der Waals surface area (Å²) in [5, 5.41) is 0. The van der Waals surface area contributed by atoms with Gasteiger partial charge < -0.3 is 9.80 Å². The van der Waals surface area contributed by atoms with Crippen LogP contribution in [0.2, 0.25) is 0 Å². The predicted molar refractivity (Wildman–Crippen MR) is 195 cm³/mol. The zero-order valence-electron chi connectivity index (χ0n) is 28.7. The van der Waals surface area contributed by atoms with Crippen LogP contribution in [0.3, 0.4) is 0 Å². The van der Waals surface area contributed by atoms with Gasteiger partial charge in [-0.15, -0.1) is 0 Å². The van der Waals surface area contributed by atoms with Gasteiger partial charge in [0.05, 0.1) is 0 Å². The van der Waals surface area contributed by atoms with Crippen LogP contribution in [0.15, 0.2) is 47.8 Å². The quantitative estimate of drug-likeness (QED) is 0.260. The van der Waals surface area contributed by atoms with E-state index >= 15 is 0 Å². The van der Waals surface area contributed by atoms with Crippen molar-refractivity contribution in [3.63, 3.8) is 0 Å². The number of allylic oxidation sites excluding steroid dienone is 1. The molecule has 1 unspecified atom stereocenters. The average Bonchev–Trinajstić information content (AvgIpc) is 3.52. The van der Waals surface area contributed by atoms with Gasteiger partial charge >= 0.3 is 0 Å². The average molecular weight is 613 g/mol. The summed E-state index contributed by atoms with van der Waals surface area (Å²) in [6.45, 7) is 11.7. The molecule has 4 fully saturated rings. The molecule has 2 nitrogen and oxygen atoms in total. The Labute approximate surface area is 271 Å². The zero-order valence-corrected chi connectivity index (χ0v) is 29.6. The molecule has 2 aromatic rings. The molecule has 0 bridgehead atoms. The van der Waals surface area contributed by atoms with Crippen LogP contribution < -0.4 is 9.80 Å².